The number of methoxy groups -OCH3 is 1. The van der Waals surface area contributed by atoms with Crippen LogP contribution in [0.15, 0.2) is 54.6 Å². The average molecular weight is 488 g/mol. The van der Waals surface area contributed by atoms with Gasteiger partial charge in [0.2, 0.25) is 10.0 Å². The molecule has 2 aliphatic rings. The van der Waals surface area contributed by atoms with E-state index in [1.165, 1.54) is 7.11 Å². The third kappa shape index (κ3) is 4.98. The van der Waals surface area contributed by atoms with Crippen LogP contribution in [0, 0.1) is 5.92 Å². The Kier molecular flexibility index (Phi) is 7.88. The Morgan fingerprint density at radius 2 is 1.79 bits per heavy atom. The van der Waals surface area contributed by atoms with Gasteiger partial charge in [-0.3, -0.25) is 4.79 Å². The Morgan fingerprint density at radius 3 is 2.47 bits per heavy atom. The van der Waals surface area contributed by atoms with Crippen molar-refractivity contribution in [3.8, 4) is 5.75 Å². The number of carbonyl (C=O) groups excluding carboxylic acids is 1. The van der Waals surface area contributed by atoms with Gasteiger partial charge in [0.25, 0.3) is 5.91 Å². The highest BCUT2D eigenvalue weighted by Crippen LogP contribution is 2.40. The van der Waals surface area contributed by atoms with Crippen LogP contribution >= 0.6 is 0 Å². The number of hydrogen-bond donors (Lipinski definition) is 3. The first-order valence-electron chi connectivity index (χ1n) is 11.8. The van der Waals surface area contributed by atoms with E-state index in [0.717, 1.165) is 12.8 Å². The molecule has 0 radical (unpaired) electrons. The highest BCUT2D eigenvalue weighted by molar-refractivity contribution is 7.90. The maximum Gasteiger partial charge on any atom is 0.256 e. The highest BCUT2D eigenvalue weighted by Gasteiger charge is 2.53. The predicted octanol–water partition coefficient (Wildman–Crippen LogP) is 2.38. The fraction of sp³-hybridized carbons (Fsp3) is 0.480. The van der Waals surface area contributed by atoms with Gasteiger partial charge in [-0.05, 0) is 56.5 Å². The van der Waals surface area contributed by atoms with Crippen molar-refractivity contribution < 1.29 is 22.7 Å². The van der Waals surface area contributed by atoms with Gasteiger partial charge in [0.05, 0.1) is 18.8 Å². The molecule has 2 fully saturated rings. The zero-order valence-electron chi connectivity index (χ0n) is 19.5. The second-order valence-corrected chi connectivity index (χ2v) is 10.7. The highest BCUT2D eigenvalue weighted by atomic mass is 32.2. The van der Waals surface area contributed by atoms with Gasteiger partial charge in [-0.2, -0.15) is 0 Å². The van der Waals surface area contributed by atoms with E-state index < -0.39 is 20.8 Å². The number of para-hydroxylation sites is 1. The van der Waals surface area contributed by atoms with Crippen molar-refractivity contribution in [2.75, 3.05) is 33.4 Å². The van der Waals surface area contributed by atoms with E-state index in [0.29, 0.717) is 43.9 Å². The summed E-state index contributed by atoms with van der Waals surface area (Å²) < 4.78 is 42.2. The molecule has 2 saturated heterocycles. The van der Waals surface area contributed by atoms with Gasteiger partial charge in [-0.15, -0.1) is 0 Å². The lowest BCUT2D eigenvalue weighted by Gasteiger charge is -2.43. The molecule has 0 aromatic heterocycles. The quantitative estimate of drug-likeness (QED) is 0.502. The lowest BCUT2D eigenvalue weighted by Crippen LogP contribution is -2.62. The van der Waals surface area contributed by atoms with Crippen molar-refractivity contribution in [3.05, 3.63) is 65.7 Å². The Morgan fingerprint density at radius 1 is 1.09 bits per heavy atom. The summed E-state index contributed by atoms with van der Waals surface area (Å²) in [5, 5.41) is 6.29. The van der Waals surface area contributed by atoms with Crippen LogP contribution in [0.5, 0.6) is 5.75 Å². The van der Waals surface area contributed by atoms with Crippen molar-refractivity contribution in [2.24, 2.45) is 5.92 Å². The van der Waals surface area contributed by atoms with E-state index in [1.807, 2.05) is 6.07 Å². The summed E-state index contributed by atoms with van der Waals surface area (Å²) in [7, 11) is -2.59. The van der Waals surface area contributed by atoms with Crippen LogP contribution in [0.4, 0.5) is 0 Å². The minimum atomic E-state index is -4.08. The van der Waals surface area contributed by atoms with Crippen molar-refractivity contribution in [1.82, 2.24) is 15.4 Å². The zero-order chi connectivity index (χ0) is 24.0. The summed E-state index contributed by atoms with van der Waals surface area (Å²) in [6, 6.07) is 15.8. The summed E-state index contributed by atoms with van der Waals surface area (Å²) >= 11 is 0. The third-order valence-electron chi connectivity index (χ3n) is 6.72. The zero-order valence-corrected chi connectivity index (χ0v) is 20.3. The maximum atomic E-state index is 14.2. The van der Waals surface area contributed by atoms with Crippen molar-refractivity contribution in [2.45, 2.75) is 36.7 Å². The van der Waals surface area contributed by atoms with Gasteiger partial charge in [0, 0.05) is 19.1 Å². The average Bonchev–Trinajstić information content (AvgIpc) is 3.41. The maximum absolute atomic E-state index is 14.2. The lowest BCUT2D eigenvalue weighted by atomic mass is 9.85. The first kappa shape index (κ1) is 24.7. The topological polar surface area (TPSA) is 106 Å². The number of rotatable bonds is 9. The van der Waals surface area contributed by atoms with Crippen LogP contribution in [0.1, 0.15) is 41.6 Å². The molecule has 3 N–H and O–H groups in total. The molecule has 184 valence electrons. The number of benzene rings is 2. The molecule has 2 heterocycles. The van der Waals surface area contributed by atoms with E-state index in [-0.39, 0.29) is 24.1 Å². The molecule has 2 aromatic carbocycles. The Balaban J connectivity index is 1.79. The molecule has 0 spiro atoms. The second-order valence-electron chi connectivity index (χ2n) is 8.77. The molecule has 1 amide bonds. The molecule has 0 saturated carbocycles. The third-order valence-corrected chi connectivity index (χ3v) is 8.78. The molecule has 2 aromatic rings. The van der Waals surface area contributed by atoms with Gasteiger partial charge < -0.3 is 20.1 Å². The Labute approximate surface area is 201 Å². The number of nitrogens with one attached hydrogen (secondary N) is 3. The van der Waals surface area contributed by atoms with Crippen molar-refractivity contribution in [3.63, 3.8) is 0 Å². The number of sulfonamides is 1. The van der Waals surface area contributed by atoms with Gasteiger partial charge in [0.1, 0.15) is 5.75 Å². The summed E-state index contributed by atoms with van der Waals surface area (Å²) in [5.41, 5.74) is 0.818. The number of amides is 1. The first-order valence-corrected chi connectivity index (χ1v) is 13.3. The van der Waals surface area contributed by atoms with Crippen LogP contribution in [0.25, 0.3) is 0 Å². The summed E-state index contributed by atoms with van der Waals surface area (Å²) in [6.45, 7) is 2.15. The summed E-state index contributed by atoms with van der Waals surface area (Å²) in [6.07, 6.45) is 2.75. The number of piperidine rings is 1. The largest absolute Gasteiger partial charge is 0.496 e. The molecular formula is C25H33N3O5S. The van der Waals surface area contributed by atoms with Crippen LogP contribution < -0.4 is 20.1 Å². The summed E-state index contributed by atoms with van der Waals surface area (Å²) in [4.78, 5) is 12.0. The summed E-state index contributed by atoms with van der Waals surface area (Å²) in [5.74, 6) is -0.448. The molecular weight excluding hydrogens is 454 g/mol. The SMILES string of the molecule is COc1ccccc1C(=O)NC(c1ccccc1)(C1CCNCC1)S(=O)(=O)NCC1CCCO1. The Hall–Kier alpha value is -2.46. The van der Waals surface area contributed by atoms with Crippen LogP contribution in [0.2, 0.25) is 0 Å². The first-order chi connectivity index (χ1) is 16.5. The fourth-order valence-corrected chi connectivity index (χ4v) is 6.94. The van der Waals surface area contributed by atoms with Crippen LogP contribution in [0.3, 0.4) is 0 Å². The minimum Gasteiger partial charge on any atom is -0.496 e. The van der Waals surface area contributed by atoms with Gasteiger partial charge in [0.15, 0.2) is 4.87 Å². The monoisotopic (exact) mass is 487 g/mol. The number of carbonyl (C=O) groups is 1. The van der Waals surface area contributed by atoms with Crippen molar-refractivity contribution >= 4 is 15.9 Å². The number of hydrogen-bond acceptors (Lipinski definition) is 6. The minimum absolute atomic E-state index is 0.166. The second kappa shape index (κ2) is 10.9. The number of ether oxygens (including phenoxy) is 2. The van der Waals surface area contributed by atoms with E-state index in [4.69, 9.17) is 9.47 Å². The molecule has 4 rings (SSSR count). The lowest BCUT2D eigenvalue weighted by molar-refractivity contribution is 0.0885. The Bertz CT molecular complexity index is 1070. The van der Waals surface area contributed by atoms with E-state index in [1.54, 1.807) is 48.5 Å². The molecule has 34 heavy (non-hydrogen) atoms. The van der Waals surface area contributed by atoms with E-state index in [2.05, 4.69) is 15.4 Å². The molecule has 0 bridgehead atoms. The predicted molar refractivity (Wildman–Crippen MR) is 130 cm³/mol. The molecule has 9 heteroatoms. The van der Waals surface area contributed by atoms with E-state index >= 15 is 0 Å². The molecule has 8 nitrogen and oxygen atoms in total. The standard InChI is InChI=1S/C25H33N3O5S/c1-32-23-12-6-5-11-22(23)24(29)28-25(19-8-3-2-4-9-19,20-13-15-26-16-14-20)34(30,31)27-18-21-10-7-17-33-21/h2-6,8-9,11-12,20-21,26-27H,7,10,13-18H2,1H3,(H,28,29). The van der Waals surface area contributed by atoms with Crippen LogP contribution in [-0.2, 0) is 19.6 Å². The fourth-order valence-electron chi connectivity index (χ4n) is 4.96. The normalized spacial score (nSPS) is 21.0. The van der Waals surface area contributed by atoms with E-state index in [9.17, 15) is 13.2 Å². The van der Waals surface area contributed by atoms with Gasteiger partial charge in [-0.1, -0.05) is 42.5 Å². The smallest absolute Gasteiger partial charge is 0.256 e. The van der Waals surface area contributed by atoms with Gasteiger partial charge >= 0.3 is 0 Å². The van der Waals surface area contributed by atoms with Crippen LogP contribution in [-0.4, -0.2) is 53.8 Å². The molecule has 2 unspecified atom stereocenters. The molecule has 2 aliphatic heterocycles. The molecule has 2 atom stereocenters. The van der Waals surface area contributed by atoms with Crippen molar-refractivity contribution in [1.29, 1.82) is 0 Å². The van der Waals surface area contributed by atoms with Gasteiger partial charge in [-0.25, -0.2) is 13.1 Å². The molecule has 0 aliphatic carbocycles.